The van der Waals surface area contributed by atoms with E-state index in [4.69, 9.17) is 17.3 Å². The summed E-state index contributed by atoms with van der Waals surface area (Å²) in [7, 11) is 0. The molecule has 0 spiro atoms. The van der Waals surface area contributed by atoms with Gasteiger partial charge in [0.25, 0.3) is 0 Å². The molecule has 5 heteroatoms. The van der Waals surface area contributed by atoms with Crippen LogP contribution in [0, 0.1) is 5.41 Å². The van der Waals surface area contributed by atoms with Gasteiger partial charge in [-0.15, -0.1) is 0 Å². The van der Waals surface area contributed by atoms with Gasteiger partial charge in [-0.3, -0.25) is 5.01 Å². The first-order valence-corrected chi connectivity index (χ1v) is 8.02. The van der Waals surface area contributed by atoms with Crippen LogP contribution in [0.15, 0.2) is 47.7 Å². The minimum absolute atomic E-state index is 0.267. The van der Waals surface area contributed by atoms with Gasteiger partial charge in [-0.1, -0.05) is 50.2 Å². The molecule has 1 aliphatic carbocycles. The molecule has 1 aliphatic rings. The molecule has 1 atom stereocenters. The Kier molecular flexibility index (Phi) is 5.17. The van der Waals surface area contributed by atoms with Crippen molar-refractivity contribution in [3.05, 3.63) is 53.2 Å². The van der Waals surface area contributed by atoms with E-state index in [1.807, 2.05) is 30.3 Å². The van der Waals surface area contributed by atoms with Gasteiger partial charge in [0.05, 0.1) is 6.54 Å². The fourth-order valence-corrected chi connectivity index (χ4v) is 3.16. The van der Waals surface area contributed by atoms with Crippen molar-refractivity contribution in [2.24, 2.45) is 16.3 Å². The SMILES string of the molecule is C=CN(CC1(O)/C(=C/c2ccc(Cl)cc2)CCC1(C)C)/N=C\N. The van der Waals surface area contributed by atoms with E-state index in [1.165, 1.54) is 6.34 Å². The van der Waals surface area contributed by atoms with E-state index in [9.17, 15) is 5.11 Å². The third kappa shape index (κ3) is 3.59. The maximum absolute atomic E-state index is 11.4. The van der Waals surface area contributed by atoms with Crippen molar-refractivity contribution < 1.29 is 5.11 Å². The molecule has 0 aromatic heterocycles. The number of nitrogens with two attached hydrogens (primary N) is 1. The molecular weight excluding hydrogens is 310 g/mol. The molecule has 0 saturated heterocycles. The molecule has 1 aromatic carbocycles. The largest absolute Gasteiger partial charge is 0.388 e. The molecule has 2 rings (SSSR count). The zero-order valence-electron chi connectivity index (χ0n) is 13.7. The number of rotatable bonds is 5. The number of benzene rings is 1. The van der Waals surface area contributed by atoms with E-state index >= 15 is 0 Å². The Morgan fingerprint density at radius 3 is 2.61 bits per heavy atom. The zero-order valence-corrected chi connectivity index (χ0v) is 14.4. The Balaban J connectivity index is 2.38. The highest BCUT2D eigenvalue weighted by molar-refractivity contribution is 6.30. The van der Waals surface area contributed by atoms with E-state index in [1.54, 1.807) is 11.2 Å². The molecule has 1 fully saturated rings. The summed E-state index contributed by atoms with van der Waals surface area (Å²) in [5.74, 6) is 0. The third-order valence-corrected chi connectivity index (χ3v) is 4.95. The highest BCUT2D eigenvalue weighted by atomic mass is 35.5. The summed E-state index contributed by atoms with van der Waals surface area (Å²) in [6.45, 7) is 8.19. The normalized spacial score (nSPS) is 25.1. The van der Waals surface area contributed by atoms with Gasteiger partial charge < -0.3 is 10.8 Å². The molecule has 0 radical (unpaired) electrons. The first kappa shape index (κ1) is 17.6. The van der Waals surface area contributed by atoms with Gasteiger partial charge in [0.15, 0.2) is 0 Å². The molecule has 0 aliphatic heterocycles. The summed E-state index contributed by atoms with van der Waals surface area (Å²) in [6.07, 6.45) is 6.55. The summed E-state index contributed by atoms with van der Waals surface area (Å²) in [6, 6.07) is 7.60. The minimum Gasteiger partial charge on any atom is -0.388 e. The Morgan fingerprint density at radius 1 is 1.39 bits per heavy atom. The molecule has 23 heavy (non-hydrogen) atoms. The Labute approximate surface area is 142 Å². The lowest BCUT2D eigenvalue weighted by molar-refractivity contribution is -0.0309. The van der Waals surface area contributed by atoms with Crippen LogP contribution in [-0.2, 0) is 0 Å². The fourth-order valence-electron chi connectivity index (χ4n) is 3.04. The molecule has 1 aromatic rings. The average Bonchev–Trinajstić information content (AvgIpc) is 2.72. The van der Waals surface area contributed by atoms with Crippen molar-refractivity contribution in [3.63, 3.8) is 0 Å². The van der Waals surface area contributed by atoms with Crippen molar-refractivity contribution in [3.8, 4) is 0 Å². The van der Waals surface area contributed by atoms with Crippen LogP contribution >= 0.6 is 11.6 Å². The standard InChI is InChI=1S/C18H24ClN3O/c1-4-22(21-13-20)12-18(23)15(9-10-17(18,2)3)11-14-5-7-16(19)8-6-14/h4-8,11,13,23H,1,9-10,12H2,2-3H3,(H2,20,21)/b15-11+. The molecule has 0 bridgehead atoms. The number of hydrazone groups is 1. The van der Waals surface area contributed by atoms with E-state index in [0.29, 0.717) is 11.6 Å². The first-order valence-electron chi connectivity index (χ1n) is 7.65. The second kappa shape index (κ2) is 6.77. The lowest BCUT2D eigenvalue weighted by Crippen LogP contribution is -2.48. The average molecular weight is 334 g/mol. The van der Waals surface area contributed by atoms with E-state index in [2.05, 4.69) is 25.5 Å². The van der Waals surface area contributed by atoms with Gasteiger partial charge in [0, 0.05) is 11.2 Å². The first-order chi connectivity index (χ1) is 10.8. The number of hydrogen-bond donors (Lipinski definition) is 2. The molecule has 1 saturated carbocycles. The zero-order chi connectivity index (χ0) is 17.1. The van der Waals surface area contributed by atoms with Crippen LogP contribution in [0.25, 0.3) is 6.08 Å². The van der Waals surface area contributed by atoms with Gasteiger partial charge in [-0.25, -0.2) is 0 Å². The van der Waals surface area contributed by atoms with Crippen molar-refractivity contribution in [2.75, 3.05) is 6.54 Å². The predicted octanol–water partition coefficient (Wildman–Crippen LogP) is 3.62. The quantitative estimate of drug-likeness (QED) is 0.491. The fraction of sp³-hybridized carbons (Fsp3) is 0.389. The van der Waals surface area contributed by atoms with Crippen LogP contribution in [0.2, 0.25) is 5.02 Å². The molecule has 124 valence electrons. The van der Waals surface area contributed by atoms with Crippen molar-refractivity contribution >= 4 is 24.0 Å². The van der Waals surface area contributed by atoms with Crippen LogP contribution in [0.1, 0.15) is 32.3 Å². The number of nitrogens with zero attached hydrogens (tertiary/aromatic N) is 2. The van der Waals surface area contributed by atoms with Crippen LogP contribution < -0.4 is 5.73 Å². The highest BCUT2D eigenvalue weighted by Crippen LogP contribution is 2.50. The molecule has 4 nitrogen and oxygen atoms in total. The van der Waals surface area contributed by atoms with Gasteiger partial charge in [0.2, 0.25) is 0 Å². The number of hydrogen-bond acceptors (Lipinski definition) is 3. The monoisotopic (exact) mass is 333 g/mol. The summed E-state index contributed by atoms with van der Waals surface area (Å²) >= 11 is 5.94. The van der Waals surface area contributed by atoms with Crippen molar-refractivity contribution in [1.82, 2.24) is 5.01 Å². The van der Waals surface area contributed by atoms with E-state index < -0.39 is 5.60 Å². The molecule has 1 unspecified atom stereocenters. The van der Waals surface area contributed by atoms with Crippen molar-refractivity contribution in [1.29, 1.82) is 0 Å². The molecule has 0 amide bonds. The topological polar surface area (TPSA) is 61.8 Å². The van der Waals surface area contributed by atoms with Gasteiger partial charge in [-0.2, -0.15) is 5.10 Å². The summed E-state index contributed by atoms with van der Waals surface area (Å²) in [4.78, 5) is 0. The Hall–Kier alpha value is -1.78. The third-order valence-electron chi connectivity index (χ3n) is 4.70. The predicted molar refractivity (Wildman–Crippen MR) is 97.0 cm³/mol. The van der Waals surface area contributed by atoms with E-state index in [-0.39, 0.29) is 5.41 Å². The Morgan fingerprint density at radius 2 is 2.04 bits per heavy atom. The summed E-state index contributed by atoms with van der Waals surface area (Å²) < 4.78 is 0. The maximum atomic E-state index is 11.4. The number of halogens is 1. The van der Waals surface area contributed by atoms with Gasteiger partial charge in [0.1, 0.15) is 11.9 Å². The number of aliphatic hydroxyl groups is 1. The maximum Gasteiger partial charge on any atom is 0.111 e. The van der Waals surface area contributed by atoms with Gasteiger partial charge in [-0.05, 0) is 41.5 Å². The smallest absolute Gasteiger partial charge is 0.111 e. The second-order valence-electron chi connectivity index (χ2n) is 6.51. The molecule has 0 heterocycles. The van der Waals surface area contributed by atoms with Crippen LogP contribution in [0.4, 0.5) is 0 Å². The Bertz CT molecular complexity index is 622. The lowest BCUT2D eigenvalue weighted by atomic mass is 9.75. The molecular formula is C18H24ClN3O. The van der Waals surface area contributed by atoms with Crippen LogP contribution in [0.3, 0.4) is 0 Å². The van der Waals surface area contributed by atoms with Gasteiger partial charge >= 0.3 is 0 Å². The second-order valence-corrected chi connectivity index (χ2v) is 6.95. The summed E-state index contributed by atoms with van der Waals surface area (Å²) in [5, 5.41) is 17.7. The highest BCUT2D eigenvalue weighted by Gasteiger charge is 2.51. The lowest BCUT2D eigenvalue weighted by Gasteiger charge is -2.39. The molecule has 3 N–H and O–H groups in total. The van der Waals surface area contributed by atoms with Crippen LogP contribution in [-0.4, -0.2) is 28.6 Å². The summed E-state index contributed by atoms with van der Waals surface area (Å²) in [5.41, 5.74) is 6.11. The minimum atomic E-state index is -1.01. The van der Waals surface area contributed by atoms with E-state index in [0.717, 1.165) is 24.0 Å². The van der Waals surface area contributed by atoms with Crippen LogP contribution in [0.5, 0.6) is 0 Å². The van der Waals surface area contributed by atoms with Crippen molar-refractivity contribution in [2.45, 2.75) is 32.3 Å².